The van der Waals surface area contributed by atoms with Gasteiger partial charge in [0.1, 0.15) is 0 Å². The van der Waals surface area contributed by atoms with Crippen LogP contribution in [-0.4, -0.2) is 37.9 Å². The fourth-order valence-corrected chi connectivity index (χ4v) is 3.99. The first kappa shape index (κ1) is 14.7. The first-order valence-corrected chi connectivity index (χ1v) is 8.97. The summed E-state index contributed by atoms with van der Waals surface area (Å²) >= 11 is 0. The molecule has 1 atom stereocenters. The average molecular weight is 285 g/mol. The molecule has 0 bridgehead atoms. The van der Waals surface area contributed by atoms with E-state index in [1.165, 1.54) is 11.8 Å². The van der Waals surface area contributed by atoms with E-state index in [1.807, 2.05) is 6.08 Å². The molecule has 0 saturated carbocycles. The molecule has 0 aromatic heterocycles. The van der Waals surface area contributed by atoms with Crippen molar-refractivity contribution in [2.75, 3.05) is 19.3 Å². The molecule has 0 radical (unpaired) electrons. The van der Waals surface area contributed by atoms with E-state index in [0.29, 0.717) is 25.4 Å². The Bertz CT molecular complexity index is 467. The lowest BCUT2D eigenvalue weighted by Gasteiger charge is -2.31. The van der Waals surface area contributed by atoms with Crippen molar-refractivity contribution in [3.05, 3.63) is 11.6 Å². The minimum atomic E-state index is -3.07. The Hall–Kier alpha value is -0.680. The molecule has 5 heteroatoms. The smallest absolute Gasteiger partial charge is 0.211 e. The van der Waals surface area contributed by atoms with Gasteiger partial charge in [0.05, 0.1) is 6.26 Å². The Morgan fingerprint density at radius 3 is 2.74 bits per heavy atom. The zero-order valence-electron chi connectivity index (χ0n) is 11.6. The van der Waals surface area contributed by atoms with Crippen LogP contribution in [0.25, 0.3) is 0 Å². The molecule has 19 heavy (non-hydrogen) atoms. The van der Waals surface area contributed by atoms with Gasteiger partial charge in [-0.15, -0.1) is 0 Å². The first-order chi connectivity index (χ1) is 8.95. The maximum atomic E-state index is 11.6. The number of piperidine rings is 1. The van der Waals surface area contributed by atoms with E-state index >= 15 is 0 Å². The number of allylic oxidation sites excluding steroid dienone is 2. The van der Waals surface area contributed by atoms with Gasteiger partial charge in [-0.05, 0) is 50.5 Å². The summed E-state index contributed by atoms with van der Waals surface area (Å²) in [5.41, 5.74) is 1.22. The molecule has 1 saturated heterocycles. The molecule has 2 aliphatic rings. The molecule has 1 aliphatic carbocycles. The van der Waals surface area contributed by atoms with Crippen LogP contribution in [0.2, 0.25) is 0 Å². The monoisotopic (exact) mass is 285 g/mol. The van der Waals surface area contributed by atoms with Crippen LogP contribution in [0, 0.1) is 5.92 Å². The second kappa shape index (κ2) is 6.18. The molecule has 1 unspecified atom stereocenters. The highest BCUT2D eigenvalue weighted by Crippen LogP contribution is 2.28. The van der Waals surface area contributed by atoms with Crippen LogP contribution in [0.15, 0.2) is 11.6 Å². The molecule has 4 nitrogen and oxygen atoms in total. The van der Waals surface area contributed by atoms with Crippen LogP contribution in [0.5, 0.6) is 0 Å². The lowest BCUT2D eigenvalue weighted by molar-refractivity contribution is -0.114. The zero-order chi connectivity index (χ0) is 13.9. The zero-order valence-corrected chi connectivity index (χ0v) is 12.4. The lowest BCUT2D eigenvalue weighted by Crippen LogP contribution is -2.39. The van der Waals surface area contributed by atoms with Crippen molar-refractivity contribution in [2.24, 2.45) is 5.92 Å². The molecule has 1 heterocycles. The van der Waals surface area contributed by atoms with E-state index in [1.54, 1.807) is 4.31 Å². The number of nitrogens with zero attached hydrogens (tertiary/aromatic N) is 1. The van der Waals surface area contributed by atoms with Crippen molar-refractivity contribution in [2.45, 2.75) is 44.9 Å². The van der Waals surface area contributed by atoms with Crippen LogP contribution < -0.4 is 0 Å². The van der Waals surface area contributed by atoms with E-state index in [9.17, 15) is 13.2 Å². The Morgan fingerprint density at radius 2 is 2.00 bits per heavy atom. The van der Waals surface area contributed by atoms with Crippen LogP contribution in [-0.2, 0) is 14.8 Å². The van der Waals surface area contributed by atoms with Crippen molar-refractivity contribution in [3.8, 4) is 0 Å². The predicted molar refractivity (Wildman–Crippen MR) is 75.3 cm³/mol. The molecule has 1 fully saturated rings. The quantitative estimate of drug-likeness (QED) is 0.798. The predicted octanol–water partition coefficient (Wildman–Crippen LogP) is 2.12. The van der Waals surface area contributed by atoms with E-state index in [-0.39, 0.29) is 5.78 Å². The number of carbonyl (C=O) groups is 1. The summed E-state index contributed by atoms with van der Waals surface area (Å²) in [5, 5.41) is 0. The molecule has 0 aromatic carbocycles. The molecule has 0 aromatic rings. The fraction of sp³-hybridized carbons (Fsp3) is 0.786. The van der Waals surface area contributed by atoms with E-state index < -0.39 is 10.0 Å². The number of rotatable bonds is 3. The van der Waals surface area contributed by atoms with Gasteiger partial charge in [0, 0.05) is 19.5 Å². The SMILES string of the molecule is CS(=O)(=O)N1CCCC(CC2=CC(=O)CCCC2)C1. The number of carbonyl (C=O) groups excluding carboxylic acids is 1. The molecule has 0 spiro atoms. The van der Waals surface area contributed by atoms with Gasteiger partial charge in [0.2, 0.25) is 10.0 Å². The van der Waals surface area contributed by atoms with Gasteiger partial charge in [0.15, 0.2) is 5.78 Å². The normalized spacial score (nSPS) is 26.9. The van der Waals surface area contributed by atoms with E-state index in [2.05, 4.69) is 0 Å². The molecule has 108 valence electrons. The van der Waals surface area contributed by atoms with Crippen molar-refractivity contribution in [3.63, 3.8) is 0 Å². The minimum Gasteiger partial charge on any atom is -0.295 e. The van der Waals surface area contributed by atoms with Gasteiger partial charge >= 0.3 is 0 Å². The standard InChI is InChI=1S/C14H23NO3S/c1-19(17,18)15-8-4-6-13(11-15)9-12-5-2-3-7-14(16)10-12/h10,13H,2-9,11H2,1H3. The Labute approximate surface area is 115 Å². The highest BCUT2D eigenvalue weighted by atomic mass is 32.2. The summed E-state index contributed by atoms with van der Waals surface area (Å²) in [4.78, 5) is 11.6. The second-order valence-electron chi connectivity index (χ2n) is 5.81. The topological polar surface area (TPSA) is 54.5 Å². The Kier molecular flexibility index (Phi) is 4.79. The summed E-state index contributed by atoms with van der Waals surface area (Å²) in [6.45, 7) is 1.26. The summed E-state index contributed by atoms with van der Waals surface area (Å²) in [6, 6.07) is 0. The van der Waals surface area contributed by atoms with Gasteiger partial charge in [0.25, 0.3) is 0 Å². The van der Waals surface area contributed by atoms with Crippen molar-refractivity contribution in [1.82, 2.24) is 4.31 Å². The average Bonchev–Trinajstić information content (AvgIpc) is 2.53. The number of hydrogen-bond acceptors (Lipinski definition) is 3. The first-order valence-electron chi connectivity index (χ1n) is 7.12. The number of sulfonamides is 1. The Morgan fingerprint density at radius 1 is 1.26 bits per heavy atom. The maximum Gasteiger partial charge on any atom is 0.211 e. The molecule has 2 rings (SSSR count). The summed E-state index contributed by atoms with van der Waals surface area (Å²) < 4.78 is 24.8. The molecule has 0 N–H and O–H groups in total. The van der Waals surface area contributed by atoms with Gasteiger partial charge in [-0.1, -0.05) is 5.57 Å². The largest absolute Gasteiger partial charge is 0.295 e. The third-order valence-electron chi connectivity index (χ3n) is 4.04. The molecular formula is C14H23NO3S. The molecule has 0 amide bonds. The van der Waals surface area contributed by atoms with Crippen molar-refractivity contribution < 1.29 is 13.2 Å². The van der Waals surface area contributed by atoms with Crippen LogP contribution in [0.1, 0.15) is 44.9 Å². The third kappa shape index (κ3) is 4.42. The van der Waals surface area contributed by atoms with Gasteiger partial charge in [-0.3, -0.25) is 4.79 Å². The van der Waals surface area contributed by atoms with Crippen molar-refractivity contribution >= 4 is 15.8 Å². The van der Waals surface area contributed by atoms with E-state index in [4.69, 9.17) is 0 Å². The van der Waals surface area contributed by atoms with Crippen LogP contribution >= 0.6 is 0 Å². The second-order valence-corrected chi connectivity index (χ2v) is 7.79. The van der Waals surface area contributed by atoms with Crippen LogP contribution in [0.4, 0.5) is 0 Å². The summed E-state index contributed by atoms with van der Waals surface area (Å²) in [6.07, 6.45) is 9.72. The van der Waals surface area contributed by atoms with Crippen molar-refractivity contribution in [1.29, 1.82) is 0 Å². The van der Waals surface area contributed by atoms with Crippen LogP contribution in [0.3, 0.4) is 0 Å². The van der Waals surface area contributed by atoms with E-state index in [0.717, 1.165) is 38.5 Å². The minimum absolute atomic E-state index is 0.239. The highest BCUT2D eigenvalue weighted by molar-refractivity contribution is 7.88. The Balaban J connectivity index is 1.97. The van der Waals surface area contributed by atoms with Gasteiger partial charge in [-0.2, -0.15) is 0 Å². The van der Waals surface area contributed by atoms with Gasteiger partial charge < -0.3 is 0 Å². The third-order valence-corrected chi connectivity index (χ3v) is 5.31. The molecule has 1 aliphatic heterocycles. The number of ketones is 1. The summed E-state index contributed by atoms with van der Waals surface area (Å²) in [7, 11) is -3.07. The van der Waals surface area contributed by atoms with Gasteiger partial charge in [-0.25, -0.2) is 12.7 Å². The summed E-state index contributed by atoms with van der Waals surface area (Å²) in [5.74, 6) is 0.615. The molecular weight excluding hydrogens is 262 g/mol. The highest BCUT2D eigenvalue weighted by Gasteiger charge is 2.26. The number of hydrogen-bond donors (Lipinski definition) is 0. The fourth-order valence-electron chi connectivity index (χ4n) is 3.05. The lowest BCUT2D eigenvalue weighted by atomic mass is 9.90. The maximum absolute atomic E-state index is 11.6.